The van der Waals surface area contributed by atoms with Gasteiger partial charge in [0.2, 0.25) is 5.91 Å². The van der Waals surface area contributed by atoms with Gasteiger partial charge < -0.3 is 9.80 Å². The third-order valence-corrected chi connectivity index (χ3v) is 6.93. The quantitative estimate of drug-likeness (QED) is 0.479. The van der Waals surface area contributed by atoms with Crippen LogP contribution in [0.1, 0.15) is 11.3 Å². The van der Waals surface area contributed by atoms with E-state index in [1.165, 1.54) is 34.4 Å². The van der Waals surface area contributed by atoms with E-state index in [-0.39, 0.29) is 23.8 Å². The first-order chi connectivity index (χ1) is 15.4. The summed E-state index contributed by atoms with van der Waals surface area (Å²) in [5, 5.41) is 0.906. The summed E-state index contributed by atoms with van der Waals surface area (Å²) >= 11 is 1.33. The van der Waals surface area contributed by atoms with E-state index in [2.05, 4.69) is 14.9 Å². The summed E-state index contributed by atoms with van der Waals surface area (Å²) in [6.45, 7) is 6.28. The zero-order chi connectivity index (χ0) is 22.4. The molecule has 0 bridgehead atoms. The molecule has 0 unspecified atom stereocenters. The van der Waals surface area contributed by atoms with E-state index in [0.717, 1.165) is 27.2 Å². The van der Waals surface area contributed by atoms with Gasteiger partial charge in [0.1, 0.15) is 21.9 Å². The van der Waals surface area contributed by atoms with Crippen LogP contribution < -0.4 is 10.5 Å². The molecule has 0 atom stereocenters. The Morgan fingerprint density at radius 3 is 2.56 bits per heavy atom. The van der Waals surface area contributed by atoms with Crippen LogP contribution in [0.25, 0.3) is 20.4 Å². The summed E-state index contributed by atoms with van der Waals surface area (Å²) in [6.07, 6.45) is 1.46. The number of benzene rings is 1. The molecule has 1 amide bonds. The number of amides is 1. The molecule has 1 saturated heterocycles. The lowest BCUT2D eigenvalue weighted by Crippen LogP contribution is -2.50. The van der Waals surface area contributed by atoms with Gasteiger partial charge >= 0.3 is 0 Å². The Morgan fingerprint density at radius 1 is 1.12 bits per heavy atom. The van der Waals surface area contributed by atoms with Crippen LogP contribution in [0.5, 0.6) is 0 Å². The molecular weight excluding hydrogens is 429 g/mol. The van der Waals surface area contributed by atoms with Crippen LogP contribution in [0.3, 0.4) is 0 Å². The first-order valence-corrected chi connectivity index (χ1v) is 11.3. The van der Waals surface area contributed by atoms with E-state index in [1.54, 1.807) is 17.0 Å². The highest BCUT2D eigenvalue weighted by atomic mass is 32.1. The summed E-state index contributed by atoms with van der Waals surface area (Å²) in [6, 6.07) is 8.35. The number of carbonyl (C=O) groups is 1. The second-order valence-electron chi connectivity index (χ2n) is 8.06. The van der Waals surface area contributed by atoms with E-state index in [9.17, 15) is 14.0 Å². The van der Waals surface area contributed by atoms with Crippen LogP contribution in [0, 0.1) is 19.7 Å². The number of thiophene rings is 1. The van der Waals surface area contributed by atoms with E-state index >= 15 is 0 Å². The van der Waals surface area contributed by atoms with Gasteiger partial charge in [0.25, 0.3) is 5.56 Å². The van der Waals surface area contributed by atoms with Crippen molar-refractivity contribution in [2.24, 2.45) is 0 Å². The predicted molar refractivity (Wildman–Crippen MR) is 124 cm³/mol. The number of fused-ring (bicyclic) bond motifs is 3. The molecule has 164 valence electrons. The number of anilines is 1. The molecule has 3 aromatic heterocycles. The maximum atomic E-state index is 13.1. The van der Waals surface area contributed by atoms with Crippen molar-refractivity contribution < 1.29 is 9.18 Å². The third-order valence-electron chi connectivity index (χ3n) is 5.87. The molecule has 32 heavy (non-hydrogen) atoms. The van der Waals surface area contributed by atoms with E-state index in [0.29, 0.717) is 36.4 Å². The Bertz CT molecular complexity index is 1390. The van der Waals surface area contributed by atoms with Crippen molar-refractivity contribution in [2.45, 2.75) is 20.4 Å². The molecule has 1 aliphatic heterocycles. The topological polar surface area (TPSA) is 71.3 Å². The van der Waals surface area contributed by atoms with Crippen LogP contribution in [0.15, 0.2) is 41.5 Å². The van der Waals surface area contributed by atoms with Gasteiger partial charge in [-0.05, 0) is 49.7 Å². The summed E-state index contributed by atoms with van der Waals surface area (Å²) in [5.41, 5.74) is 3.31. The molecule has 4 heterocycles. The number of piperazine rings is 1. The first kappa shape index (κ1) is 20.6. The molecule has 0 spiro atoms. The van der Waals surface area contributed by atoms with Gasteiger partial charge in [0.05, 0.1) is 11.8 Å². The van der Waals surface area contributed by atoms with E-state index in [4.69, 9.17) is 0 Å². The SMILES string of the molecule is Cc1cc(C)c2c(n1)sc1c(=O)n(CC(=O)N3CCN(c4ccc(F)cc4)CC3)cnc12. The average Bonchev–Trinajstić information content (AvgIpc) is 3.16. The molecule has 0 radical (unpaired) electrons. The fourth-order valence-electron chi connectivity index (χ4n) is 4.23. The van der Waals surface area contributed by atoms with Crippen molar-refractivity contribution in [3.63, 3.8) is 0 Å². The summed E-state index contributed by atoms with van der Waals surface area (Å²) in [4.78, 5) is 39.7. The molecule has 0 aliphatic carbocycles. The molecular formula is C23H22FN5O2S. The van der Waals surface area contributed by atoms with Crippen LogP contribution in [-0.2, 0) is 11.3 Å². The van der Waals surface area contributed by atoms with E-state index < -0.39 is 0 Å². The number of hydrogen-bond donors (Lipinski definition) is 0. The minimum Gasteiger partial charge on any atom is -0.368 e. The van der Waals surface area contributed by atoms with Gasteiger partial charge in [-0.2, -0.15) is 0 Å². The smallest absolute Gasteiger partial charge is 0.271 e. The Balaban J connectivity index is 1.33. The van der Waals surface area contributed by atoms with Crippen molar-refractivity contribution in [3.8, 4) is 0 Å². The highest BCUT2D eigenvalue weighted by Gasteiger charge is 2.23. The zero-order valence-corrected chi connectivity index (χ0v) is 18.7. The number of hydrogen-bond acceptors (Lipinski definition) is 6. The lowest BCUT2D eigenvalue weighted by Gasteiger charge is -2.36. The minimum atomic E-state index is -0.265. The molecule has 0 N–H and O–H groups in total. The van der Waals surface area contributed by atoms with Gasteiger partial charge in [-0.1, -0.05) is 0 Å². The zero-order valence-electron chi connectivity index (χ0n) is 17.8. The third kappa shape index (κ3) is 3.62. The summed E-state index contributed by atoms with van der Waals surface area (Å²) in [7, 11) is 0. The number of rotatable bonds is 3. The van der Waals surface area contributed by atoms with Crippen LogP contribution in [0.4, 0.5) is 10.1 Å². The van der Waals surface area contributed by atoms with Gasteiger partial charge in [-0.15, -0.1) is 11.3 Å². The second-order valence-corrected chi connectivity index (χ2v) is 9.06. The fourth-order valence-corrected chi connectivity index (χ4v) is 5.42. The Hall–Kier alpha value is -3.33. The highest BCUT2D eigenvalue weighted by Crippen LogP contribution is 2.31. The lowest BCUT2D eigenvalue weighted by molar-refractivity contribution is -0.132. The maximum absolute atomic E-state index is 13.1. The Kier molecular flexibility index (Phi) is 5.13. The van der Waals surface area contributed by atoms with Gasteiger partial charge in [0.15, 0.2) is 0 Å². The summed E-state index contributed by atoms with van der Waals surface area (Å²) in [5.74, 6) is -0.378. The Morgan fingerprint density at radius 2 is 1.84 bits per heavy atom. The molecule has 5 rings (SSSR count). The number of nitrogens with zero attached hydrogens (tertiary/aromatic N) is 5. The van der Waals surface area contributed by atoms with Crippen molar-refractivity contribution in [2.75, 3.05) is 31.1 Å². The summed E-state index contributed by atoms with van der Waals surface area (Å²) < 4.78 is 15.1. The number of carbonyl (C=O) groups excluding carboxylic acids is 1. The van der Waals surface area contributed by atoms with Crippen LogP contribution in [0.2, 0.25) is 0 Å². The van der Waals surface area contributed by atoms with Crippen LogP contribution >= 0.6 is 11.3 Å². The van der Waals surface area contributed by atoms with Gasteiger partial charge in [-0.3, -0.25) is 14.2 Å². The minimum absolute atomic E-state index is 0.0436. The number of aromatic nitrogens is 3. The Labute approximate surface area is 187 Å². The van der Waals surface area contributed by atoms with Crippen LogP contribution in [-0.4, -0.2) is 51.5 Å². The average molecular weight is 452 g/mol. The largest absolute Gasteiger partial charge is 0.368 e. The molecule has 4 aromatic rings. The molecule has 1 fully saturated rings. The number of aryl methyl sites for hydroxylation is 2. The molecule has 0 saturated carbocycles. The number of halogens is 1. The standard InChI is InChI=1S/C23H22FN5O2S/c1-14-11-15(2)26-22-19(14)20-21(32-22)23(31)29(13-25-20)12-18(30)28-9-7-27(8-10-28)17-5-3-16(24)4-6-17/h3-6,11,13H,7-10,12H2,1-2H3. The van der Waals surface area contributed by atoms with E-state index in [1.807, 2.05) is 19.9 Å². The van der Waals surface area contributed by atoms with Crippen molar-refractivity contribution in [3.05, 3.63) is 64.1 Å². The first-order valence-electron chi connectivity index (χ1n) is 10.4. The molecule has 9 heteroatoms. The molecule has 7 nitrogen and oxygen atoms in total. The monoisotopic (exact) mass is 451 g/mol. The van der Waals surface area contributed by atoms with Crippen molar-refractivity contribution >= 4 is 43.4 Å². The predicted octanol–water partition coefficient (Wildman–Crippen LogP) is 3.11. The van der Waals surface area contributed by atoms with Gasteiger partial charge in [0, 0.05) is 42.9 Å². The normalized spacial score (nSPS) is 14.5. The second kappa shape index (κ2) is 7.98. The van der Waals surface area contributed by atoms with Gasteiger partial charge in [-0.25, -0.2) is 14.4 Å². The number of pyridine rings is 1. The van der Waals surface area contributed by atoms with Crippen molar-refractivity contribution in [1.29, 1.82) is 0 Å². The molecule has 1 aliphatic rings. The molecule has 1 aromatic carbocycles. The fraction of sp³-hybridized carbons (Fsp3) is 0.304. The maximum Gasteiger partial charge on any atom is 0.271 e. The van der Waals surface area contributed by atoms with Crippen molar-refractivity contribution in [1.82, 2.24) is 19.4 Å². The lowest BCUT2D eigenvalue weighted by atomic mass is 10.1. The highest BCUT2D eigenvalue weighted by molar-refractivity contribution is 7.25.